The maximum Gasteiger partial charge on any atom is 0.224 e. The van der Waals surface area contributed by atoms with Crippen molar-refractivity contribution >= 4 is 24.1 Å². The molecule has 5 nitrogen and oxygen atoms in total. The molecule has 1 rings (SSSR count). The number of Topliss-reactive ketones (excluding diaryl/α,β-unsaturated/α-hetero) is 1. The Morgan fingerprint density at radius 2 is 1.95 bits per heavy atom. The molecular formula is C15H23ClN2O3. The van der Waals surface area contributed by atoms with Crippen LogP contribution in [0.2, 0.25) is 0 Å². The molecule has 0 aromatic heterocycles. The van der Waals surface area contributed by atoms with Crippen molar-refractivity contribution in [2.45, 2.75) is 19.8 Å². The van der Waals surface area contributed by atoms with Crippen LogP contribution in [0.15, 0.2) is 18.2 Å². The molecule has 0 spiro atoms. The Hall–Kier alpha value is -1.59. The van der Waals surface area contributed by atoms with Gasteiger partial charge in [-0.1, -0.05) is 0 Å². The van der Waals surface area contributed by atoms with E-state index < -0.39 is 0 Å². The van der Waals surface area contributed by atoms with Crippen LogP contribution < -0.4 is 15.4 Å². The minimum atomic E-state index is -0.0693. The number of hydrogen-bond donors (Lipinski definition) is 2. The topological polar surface area (TPSA) is 67.4 Å². The maximum absolute atomic E-state index is 11.9. The highest BCUT2D eigenvalue weighted by Crippen LogP contribution is 2.20. The predicted octanol–water partition coefficient (Wildman–Crippen LogP) is 1.59. The van der Waals surface area contributed by atoms with Crippen molar-refractivity contribution in [2.24, 2.45) is 0 Å². The highest BCUT2D eigenvalue weighted by atomic mass is 35.5. The number of benzene rings is 1. The van der Waals surface area contributed by atoms with Gasteiger partial charge in [-0.2, -0.15) is 0 Å². The lowest BCUT2D eigenvalue weighted by Gasteiger charge is -2.10. The molecule has 21 heavy (non-hydrogen) atoms. The Bertz CT molecular complexity index is 478. The smallest absolute Gasteiger partial charge is 0.224 e. The fraction of sp³-hybridized carbons (Fsp3) is 0.467. The summed E-state index contributed by atoms with van der Waals surface area (Å²) in [6, 6.07) is 5.14. The van der Waals surface area contributed by atoms with Crippen LogP contribution >= 0.6 is 12.4 Å². The first-order valence-corrected chi connectivity index (χ1v) is 6.67. The summed E-state index contributed by atoms with van der Waals surface area (Å²) < 4.78 is 5.22. The summed E-state index contributed by atoms with van der Waals surface area (Å²) in [6.07, 6.45) is 1.09. The molecule has 0 bridgehead atoms. The van der Waals surface area contributed by atoms with E-state index in [0.29, 0.717) is 17.9 Å². The average molecular weight is 315 g/mol. The van der Waals surface area contributed by atoms with Gasteiger partial charge in [0, 0.05) is 17.7 Å². The van der Waals surface area contributed by atoms with E-state index in [0.717, 1.165) is 18.5 Å². The van der Waals surface area contributed by atoms with Crippen molar-refractivity contribution in [3.05, 3.63) is 29.3 Å². The first-order valence-electron chi connectivity index (χ1n) is 6.67. The first-order chi connectivity index (χ1) is 9.58. The minimum absolute atomic E-state index is 0. The number of hydrogen-bond acceptors (Lipinski definition) is 4. The molecule has 1 aromatic carbocycles. The third kappa shape index (κ3) is 6.60. The predicted molar refractivity (Wildman–Crippen MR) is 85.5 cm³/mol. The lowest BCUT2D eigenvalue weighted by molar-refractivity contribution is -0.120. The lowest BCUT2D eigenvalue weighted by Crippen LogP contribution is -2.28. The number of nitrogens with one attached hydrogen (secondary N) is 2. The van der Waals surface area contributed by atoms with Gasteiger partial charge in [-0.15, -0.1) is 12.4 Å². The molecule has 0 unspecified atom stereocenters. The second-order valence-corrected chi connectivity index (χ2v) is 4.57. The molecule has 6 heteroatoms. The van der Waals surface area contributed by atoms with Gasteiger partial charge in [0.05, 0.1) is 13.5 Å². The van der Waals surface area contributed by atoms with E-state index in [9.17, 15) is 9.59 Å². The molecule has 0 aliphatic heterocycles. The second kappa shape index (κ2) is 10.2. The molecule has 1 amide bonds. The molecule has 0 radical (unpaired) electrons. The monoisotopic (exact) mass is 314 g/mol. The van der Waals surface area contributed by atoms with Crippen molar-refractivity contribution in [1.29, 1.82) is 0 Å². The summed E-state index contributed by atoms with van der Waals surface area (Å²) in [6.45, 7) is 3.00. The van der Waals surface area contributed by atoms with Gasteiger partial charge in [0.15, 0.2) is 5.78 Å². The van der Waals surface area contributed by atoms with Crippen LogP contribution in [-0.2, 0) is 11.2 Å². The van der Waals surface area contributed by atoms with Crippen LogP contribution in [0.3, 0.4) is 0 Å². The summed E-state index contributed by atoms with van der Waals surface area (Å²) in [4.78, 5) is 23.2. The summed E-state index contributed by atoms with van der Waals surface area (Å²) in [7, 11) is 3.43. The number of ketones is 1. The summed E-state index contributed by atoms with van der Waals surface area (Å²) in [5.74, 6) is 0.531. The minimum Gasteiger partial charge on any atom is -0.496 e. The quantitative estimate of drug-likeness (QED) is 0.565. The summed E-state index contributed by atoms with van der Waals surface area (Å²) in [5.41, 5.74) is 1.31. The number of rotatable bonds is 8. The number of carbonyl (C=O) groups is 2. The lowest BCUT2D eigenvalue weighted by atomic mass is 10.0. The van der Waals surface area contributed by atoms with Gasteiger partial charge in [-0.05, 0) is 45.1 Å². The number of methoxy groups -OCH3 is 1. The van der Waals surface area contributed by atoms with Crippen LogP contribution in [0.4, 0.5) is 0 Å². The van der Waals surface area contributed by atoms with Crippen LogP contribution in [0.5, 0.6) is 5.75 Å². The molecule has 0 heterocycles. The average Bonchev–Trinajstić information content (AvgIpc) is 2.43. The highest BCUT2D eigenvalue weighted by molar-refractivity contribution is 5.94. The SMILES string of the molecule is CNCCCNC(=O)Cc1cc(C(C)=O)ccc1OC.Cl. The number of carbonyl (C=O) groups excluding carboxylic acids is 2. The number of amides is 1. The van der Waals surface area contributed by atoms with E-state index in [1.165, 1.54) is 6.92 Å². The van der Waals surface area contributed by atoms with Gasteiger partial charge in [0.1, 0.15) is 5.75 Å². The molecule has 0 saturated carbocycles. The Labute approximate surface area is 131 Å². The maximum atomic E-state index is 11.9. The fourth-order valence-corrected chi connectivity index (χ4v) is 1.86. The fourth-order valence-electron chi connectivity index (χ4n) is 1.86. The van der Waals surface area contributed by atoms with Gasteiger partial charge < -0.3 is 15.4 Å². The Morgan fingerprint density at radius 1 is 1.24 bits per heavy atom. The Balaban J connectivity index is 0.00000400. The zero-order chi connectivity index (χ0) is 15.0. The van der Waals surface area contributed by atoms with Crippen LogP contribution in [0.25, 0.3) is 0 Å². The molecule has 0 saturated heterocycles. The van der Waals surface area contributed by atoms with E-state index in [1.807, 2.05) is 7.05 Å². The second-order valence-electron chi connectivity index (χ2n) is 4.57. The molecule has 0 atom stereocenters. The molecule has 0 fully saturated rings. The van der Waals surface area contributed by atoms with Crippen LogP contribution in [0.1, 0.15) is 29.3 Å². The molecule has 2 N–H and O–H groups in total. The largest absolute Gasteiger partial charge is 0.496 e. The van der Waals surface area contributed by atoms with Crippen molar-refractivity contribution in [1.82, 2.24) is 10.6 Å². The van der Waals surface area contributed by atoms with Crippen molar-refractivity contribution in [2.75, 3.05) is 27.2 Å². The molecule has 0 aliphatic rings. The Morgan fingerprint density at radius 3 is 2.52 bits per heavy atom. The van der Waals surface area contributed by atoms with E-state index >= 15 is 0 Å². The van der Waals surface area contributed by atoms with Crippen LogP contribution in [-0.4, -0.2) is 38.9 Å². The van der Waals surface area contributed by atoms with Crippen LogP contribution in [0, 0.1) is 0 Å². The van der Waals surface area contributed by atoms with Crippen molar-refractivity contribution < 1.29 is 14.3 Å². The third-order valence-electron chi connectivity index (χ3n) is 2.96. The van der Waals surface area contributed by atoms with E-state index in [2.05, 4.69) is 10.6 Å². The van der Waals surface area contributed by atoms with Gasteiger partial charge in [-0.25, -0.2) is 0 Å². The summed E-state index contributed by atoms with van der Waals surface area (Å²) >= 11 is 0. The van der Waals surface area contributed by atoms with Crippen molar-refractivity contribution in [3.63, 3.8) is 0 Å². The molecule has 1 aromatic rings. The zero-order valence-corrected chi connectivity index (χ0v) is 13.5. The number of ether oxygens (including phenoxy) is 1. The van der Waals surface area contributed by atoms with Gasteiger partial charge in [-0.3, -0.25) is 9.59 Å². The van der Waals surface area contributed by atoms with Gasteiger partial charge in [0.25, 0.3) is 0 Å². The molecule has 0 aliphatic carbocycles. The summed E-state index contributed by atoms with van der Waals surface area (Å²) in [5, 5.41) is 5.87. The van der Waals surface area contributed by atoms with E-state index in [1.54, 1.807) is 25.3 Å². The molecular weight excluding hydrogens is 292 g/mol. The van der Waals surface area contributed by atoms with E-state index in [-0.39, 0.29) is 30.5 Å². The first kappa shape index (κ1) is 19.4. The highest BCUT2D eigenvalue weighted by Gasteiger charge is 2.11. The molecule has 118 valence electrons. The third-order valence-corrected chi connectivity index (χ3v) is 2.96. The number of halogens is 1. The van der Waals surface area contributed by atoms with Gasteiger partial charge >= 0.3 is 0 Å². The zero-order valence-electron chi connectivity index (χ0n) is 12.7. The normalized spacial score (nSPS) is 9.67. The van der Waals surface area contributed by atoms with Gasteiger partial charge in [0.2, 0.25) is 5.91 Å². The van der Waals surface area contributed by atoms with E-state index in [4.69, 9.17) is 4.74 Å². The van der Waals surface area contributed by atoms with Crippen molar-refractivity contribution in [3.8, 4) is 5.75 Å². The standard InChI is InChI=1S/C15H22N2O3.ClH/c1-11(18)12-5-6-14(20-3)13(9-12)10-15(19)17-8-4-7-16-2;/h5-6,9,16H,4,7-8,10H2,1-3H3,(H,17,19);1H. The Kier molecular flexibility index (Phi) is 9.41.